The summed E-state index contributed by atoms with van der Waals surface area (Å²) in [6, 6.07) is 13.3. The molecule has 2 heterocycles. The van der Waals surface area contributed by atoms with E-state index in [-0.39, 0.29) is 5.91 Å². The van der Waals surface area contributed by atoms with Crippen LogP contribution in [-0.2, 0) is 11.4 Å². The first-order valence-electron chi connectivity index (χ1n) is 9.06. The third-order valence-electron chi connectivity index (χ3n) is 4.14. The number of anilines is 1. The molecule has 29 heavy (non-hydrogen) atoms. The number of aryl methyl sites for hydroxylation is 2. The Kier molecular flexibility index (Phi) is 5.69. The van der Waals surface area contributed by atoms with Gasteiger partial charge in [-0.2, -0.15) is 0 Å². The molecule has 0 spiro atoms. The second-order valence-electron chi connectivity index (χ2n) is 6.42. The van der Waals surface area contributed by atoms with E-state index in [0.717, 1.165) is 37.2 Å². The van der Waals surface area contributed by atoms with Gasteiger partial charge in [-0.1, -0.05) is 18.2 Å². The summed E-state index contributed by atoms with van der Waals surface area (Å²) in [5, 5.41) is 6.91. The first-order valence-corrected chi connectivity index (χ1v) is 10.8. The molecule has 146 valence electrons. The van der Waals surface area contributed by atoms with Gasteiger partial charge in [0.05, 0.1) is 25.9 Å². The lowest BCUT2D eigenvalue weighted by atomic mass is 10.2. The van der Waals surface area contributed by atoms with Crippen molar-refractivity contribution in [3.8, 4) is 5.75 Å². The van der Waals surface area contributed by atoms with Gasteiger partial charge in [0.25, 0.3) is 0 Å². The van der Waals surface area contributed by atoms with Gasteiger partial charge in [-0.15, -0.1) is 22.7 Å². The van der Waals surface area contributed by atoms with E-state index in [1.807, 2.05) is 61.7 Å². The molecule has 0 aliphatic rings. The minimum absolute atomic E-state index is 0.199. The van der Waals surface area contributed by atoms with E-state index in [0.29, 0.717) is 12.4 Å². The quantitative estimate of drug-likeness (QED) is 0.412. The molecule has 0 radical (unpaired) electrons. The van der Waals surface area contributed by atoms with Gasteiger partial charge in [-0.05, 0) is 44.2 Å². The summed E-state index contributed by atoms with van der Waals surface area (Å²) < 4.78 is 6.95. The maximum Gasteiger partial charge on any atom is 0.248 e. The minimum atomic E-state index is -0.199. The lowest BCUT2D eigenvalue weighted by Crippen LogP contribution is -2.07. The van der Waals surface area contributed by atoms with Crippen molar-refractivity contribution in [3.63, 3.8) is 0 Å². The molecule has 4 aromatic rings. The predicted molar refractivity (Wildman–Crippen MR) is 120 cm³/mol. The number of thiazole rings is 2. The van der Waals surface area contributed by atoms with Crippen molar-refractivity contribution in [2.24, 2.45) is 0 Å². The predicted octanol–water partition coefficient (Wildman–Crippen LogP) is 5.60. The summed E-state index contributed by atoms with van der Waals surface area (Å²) in [7, 11) is 0. The number of aromatic nitrogens is 2. The van der Waals surface area contributed by atoms with E-state index >= 15 is 0 Å². The zero-order valence-electron chi connectivity index (χ0n) is 16.0. The topological polar surface area (TPSA) is 64.1 Å². The molecule has 5 nitrogen and oxygen atoms in total. The van der Waals surface area contributed by atoms with Crippen LogP contribution in [0.2, 0.25) is 0 Å². The molecule has 2 aromatic carbocycles. The molecular weight excluding hydrogens is 402 g/mol. The average Bonchev–Trinajstić information content (AvgIpc) is 3.29. The van der Waals surface area contributed by atoms with Gasteiger partial charge < -0.3 is 10.1 Å². The highest BCUT2D eigenvalue weighted by atomic mass is 32.1. The highest BCUT2D eigenvalue weighted by molar-refractivity contribution is 7.18. The smallest absolute Gasteiger partial charge is 0.248 e. The summed E-state index contributed by atoms with van der Waals surface area (Å²) in [4.78, 5) is 21.2. The summed E-state index contributed by atoms with van der Waals surface area (Å²) in [5.41, 5.74) is 3.43. The lowest BCUT2D eigenvalue weighted by molar-refractivity contribution is -0.111. The van der Waals surface area contributed by atoms with E-state index in [4.69, 9.17) is 4.74 Å². The van der Waals surface area contributed by atoms with E-state index in [9.17, 15) is 4.79 Å². The Labute approximate surface area is 176 Å². The average molecular weight is 422 g/mol. The number of nitrogens with one attached hydrogen (secondary N) is 1. The molecule has 0 saturated heterocycles. The van der Waals surface area contributed by atoms with Crippen LogP contribution in [0.4, 0.5) is 5.69 Å². The number of ether oxygens (including phenoxy) is 1. The summed E-state index contributed by atoms with van der Waals surface area (Å²) in [6.07, 6.45) is 3.27. The Bertz CT molecular complexity index is 1190. The fraction of sp³-hybridized carbons (Fsp3) is 0.136. The Balaban J connectivity index is 1.42. The number of fused-ring (bicyclic) bond motifs is 1. The fourth-order valence-corrected chi connectivity index (χ4v) is 4.31. The molecule has 2 aromatic heterocycles. The Morgan fingerprint density at radius 3 is 2.83 bits per heavy atom. The SMILES string of the molecule is Cc1nc(COc2ccccc2/C=C/C(=O)Nc2ccc3nc(C)sc3c2)cs1. The van der Waals surface area contributed by atoms with Crippen LogP contribution < -0.4 is 10.1 Å². The van der Waals surface area contributed by atoms with Crippen molar-refractivity contribution in [2.45, 2.75) is 20.5 Å². The number of carbonyl (C=O) groups excluding carboxylic acids is 1. The largest absolute Gasteiger partial charge is 0.487 e. The van der Waals surface area contributed by atoms with Crippen LogP contribution in [0.15, 0.2) is 53.9 Å². The van der Waals surface area contributed by atoms with E-state index in [1.165, 1.54) is 6.08 Å². The van der Waals surface area contributed by atoms with Crippen LogP contribution in [-0.4, -0.2) is 15.9 Å². The second kappa shape index (κ2) is 8.55. The monoisotopic (exact) mass is 421 g/mol. The molecule has 4 rings (SSSR count). The van der Waals surface area contributed by atoms with Crippen LogP contribution >= 0.6 is 22.7 Å². The molecule has 7 heteroatoms. The van der Waals surface area contributed by atoms with Crippen LogP contribution in [0.25, 0.3) is 16.3 Å². The summed E-state index contributed by atoms with van der Waals surface area (Å²) >= 11 is 3.21. The molecule has 0 fully saturated rings. The molecule has 1 amide bonds. The Morgan fingerprint density at radius 2 is 2.00 bits per heavy atom. The fourth-order valence-electron chi connectivity index (χ4n) is 2.84. The molecule has 0 bridgehead atoms. The third-order valence-corrected chi connectivity index (χ3v) is 5.89. The summed E-state index contributed by atoms with van der Waals surface area (Å²) in [5.74, 6) is 0.513. The van der Waals surface area contributed by atoms with E-state index < -0.39 is 0 Å². The molecule has 0 atom stereocenters. The van der Waals surface area contributed by atoms with E-state index in [2.05, 4.69) is 15.3 Å². The van der Waals surface area contributed by atoms with Gasteiger partial charge in [0.2, 0.25) is 5.91 Å². The van der Waals surface area contributed by atoms with Gasteiger partial charge in [-0.25, -0.2) is 9.97 Å². The first-order chi connectivity index (χ1) is 14.1. The maximum atomic E-state index is 12.4. The van der Waals surface area contributed by atoms with Crippen LogP contribution in [0.1, 0.15) is 21.3 Å². The number of rotatable bonds is 6. The van der Waals surface area contributed by atoms with Crippen molar-refractivity contribution in [3.05, 3.63) is 75.2 Å². The van der Waals surface area contributed by atoms with Crippen molar-refractivity contribution in [2.75, 3.05) is 5.32 Å². The normalized spacial score (nSPS) is 11.2. The van der Waals surface area contributed by atoms with Gasteiger partial charge in [0.1, 0.15) is 12.4 Å². The highest BCUT2D eigenvalue weighted by Gasteiger charge is 2.06. The second-order valence-corrected chi connectivity index (χ2v) is 8.72. The third kappa shape index (κ3) is 4.88. The number of amides is 1. The summed E-state index contributed by atoms with van der Waals surface area (Å²) in [6.45, 7) is 4.34. The standard InChI is InChI=1S/C22H19N3O2S2/c1-14-23-18(13-28-14)12-27-20-6-4-3-5-16(20)7-10-22(26)25-17-8-9-19-21(11-17)29-15(2)24-19/h3-11,13H,12H2,1-2H3,(H,25,26)/b10-7+. The zero-order valence-corrected chi connectivity index (χ0v) is 17.6. The lowest BCUT2D eigenvalue weighted by Gasteiger charge is -2.08. The van der Waals surface area contributed by atoms with Gasteiger partial charge >= 0.3 is 0 Å². The maximum absolute atomic E-state index is 12.4. The Hall–Kier alpha value is -3.03. The molecule has 1 N–H and O–H groups in total. The van der Waals surface area contributed by atoms with Gasteiger partial charge in [-0.3, -0.25) is 4.79 Å². The van der Waals surface area contributed by atoms with Crippen molar-refractivity contribution in [1.29, 1.82) is 0 Å². The van der Waals surface area contributed by atoms with Crippen LogP contribution in [0.3, 0.4) is 0 Å². The molecular formula is C22H19N3O2S2. The molecule has 0 unspecified atom stereocenters. The van der Waals surface area contributed by atoms with Crippen molar-refractivity contribution < 1.29 is 9.53 Å². The minimum Gasteiger partial charge on any atom is -0.487 e. The number of carbonyl (C=O) groups is 1. The van der Waals surface area contributed by atoms with Crippen LogP contribution in [0, 0.1) is 13.8 Å². The van der Waals surface area contributed by atoms with Gasteiger partial charge in [0, 0.05) is 22.7 Å². The van der Waals surface area contributed by atoms with E-state index in [1.54, 1.807) is 28.7 Å². The number of para-hydroxylation sites is 1. The molecule has 0 aliphatic carbocycles. The number of hydrogen-bond acceptors (Lipinski definition) is 6. The number of nitrogens with zero attached hydrogens (tertiary/aromatic N) is 2. The van der Waals surface area contributed by atoms with Gasteiger partial charge in [0.15, 0.2) is 0 Å². The molecule has 0 aliphatic heterocycles. The van der Waals surface area contributed by atoms with Crippen LogP contribution in [0.5, 0.6) is 5.75 Å². The van der Waals surface area contributed by atoms with Crippen molar-refractivity contribution >= 4 is 50.6 Å². The highest BCUT2D eigenvalue weighted by Crippen LogP contribution is 2.25. The first kappa shape index (κ1) is 19.3. The number of benzene rings is 2. The molecule has 0 saturated carbocycles. The van der Waals surface area contributed by atoms with Crippen molar-refractivity contribution in [1.82, 2.24) is 9.97 Å². The Morgan fingerprint density at radius 1 is 1.14 bits per heavy atom. The number of hydrogen-bond donors (Lipinski definition) is 1. The zero-order chi connectivity index (χ0) is 20.2.